The van der Waals surface area contributed by atoms with Gasteiger partial charge in [-0.2, -0.15) is 4.98 Å². The van der Waals surface area contributed by atoms with Crippen LogP contribution >= 0.6 is 11.6 Å². The van der Waals surface area contributed by atoms with Gasteiger partial charge in [-0.15, -0.1) is 0 Å². The smallest absolute Gasteiger partial charge is 0.332 e. The minimum Gasteiger partial charge on any atom is -0.425 e. The topological polar surface area (TPSA) is 91.3 Å². The van der Waals surface area contributed by atoms with Gasteiger partial charge in [0.05, 0.1) is 6.54 Å². The van der Waals surface area contributed by atoms with Crippen molar-refractivity contribution in [1.29, 1.82) is 0 Å². The number of benzene rings is 2. The van der Waals surface area contributed by atoms with E-state index in [0.29, 0.717) is 23.7 Å². The van der Waals surface area contributed by atoms with Crippen LogP contribution in [0.3, 0.4) is 0 Å². The molecule has 0 fully saturated rings. The Bertz CT molecular complexity index is 1400. The number of aryl methyl sites for hydroxylation is 2. The van der Waals surface area contributed by atoms with Gasteiger partial charge in [-0.1, -0.05) is 48.9 Å². The van der Waals surface area contributed by atoms with E-state index in [1.165, 1.54) is 4.57 Å². The number of halogens is 1. The van der Waals surface area contributed by atoms with E-state index in [1.54, 1.807) is 23.7 Å². The van der Waals surface area contributed by atoms with Crippen LogP contribution in [0.5, 0.6) is 11.8 Å². The van der Waals surface area contributed by atoms with E-state index in [-0.39, 0.29) is 30.3 Å². The molecular weight excluding hydrogens is 444 g/mol. The molecule has 0 saturated carbocycles. The second-order valence-electron chi connectivity index (χ2n) is 7.72. The zero-order valence-corrected chi connectivity index (χ0v) is 19.2. The first-order chi connectivity index (χ1) is 15.9. The van der Waals surface area contributed by atoms with Crippen LogP contribution in [-0.2, 0) is 26.6 Å². The zero-order valence-electron chi connectivity index (χ0n) is 18.5. The highest BCUT2D eigenvalue weighted by Gasteiger charge is 2.22. The average molecular weight is 469 g/mol. The second-order valence-corrected chi connectivity index (χ2v) is 8.15. The number of ether oxygens (including phenoxy) is 1. The molecule has 172 valence electrons. The maximum atomic E-state index is 13.4. The lowest BCUT2D eigenvalue weighted by Gasteiger charge is -2.13. The fourth-order valence-electron chi connectivity index (χ4n) is 3.77. The Morgan fingerprint density at radius 2 is 1.79 bits per heavy atom. The standard InChI is InChI=1S/C24H25ClN4O4/c1-3-17-7-4-5-8-19(17)33-23-26-21-20(29(23)15-16-9-11-18(25)12-10-16)22(31)28(13-6-14-30)24(32)27(21)2/h4-5,7-12,30H,3,6,13-15H2,1-2H3. The molecule has 4 aromatic rings. The first-order valence-electron chi connectivity index (χ1n) is 10.8. The quantitative estimate of drug-likeness (QED) is 0.428. The van der Waals surface area contributed by atoms with Gasteiger partial charge in [0.15, 0.2) is 11.2 Å². The summed E-state index contributed by atoms with van der Waals surface area (Å²) >= 11 is 6.04. The summed E-state index contributed by atoms with van der Waals surface area (Å²) in [5, 5.41) is 9.82. The average Bonchev–Trinajstić information content (AvgIpc) is 3.17. The summed E-state index contributed by atoms with van der Waals surface area (Å²) in [6, 6.07) is 15.1. The SMILES string of the molecule is CCc1ccccc1Oc1nc2c(c(=O)n(CCCO)c(=O)n2C)n1Cc1ccc(Cl)cc1. The zero-order chi connectivity index (χ0) is 23.5. The van der Waals surface area contributed by atoms with Gasteiger partial charge in [0.1, 0.15) is 5.75 Å². The number of para-hydroxylation sites is 1. The highest BCUT2D eigenvalue weighted by molar-refractivity contribution is 6.30. The summed E-state index contributed by atoms with van der Waals surface area (Å²) in [4.78, 5) is 30.8. The molecule has 2 aromatic carbocycles. The number of fused-ring (bicyclic) bond motifs is 1. The van der Waals surface area contributed by atoms with Gasteiger partial charge < -0.3 is 9.84 Å². The minimum atomic E-state index is -0.488. The van der Waals surface area contributed by atoms with Crippen LogP contribution in [0.25, 0.3) is 11.2 Å². The Hall–Kier alpha value is -3.36. The van der Waals surface area contributed by atoms with Crippen LogP contribution in [0.2, 0.25) is 5.02 Å². The third-order valence-corrected chi connectivity index (χ3v) is 5.80. The monoisotopic (exact) mass is 468 g/mol. The molecular formula is C24H25ClN4O4. The third-order valence-electron chi connectivity index (χ3n) is 5.55. The molecule has 2 heterocycles. The second kappa shape index (κ2) is 9.64. The van der Waals surface area contributed by atoms with Crippen molar-refractivity contribution in [1.82, 2.24) is 18.7 Å². The molecule has 0 aliphatic carbocycles. The van der Waals surface area contributed by atoms with E-state index < -0.39 is 11.2 Å². The van der Waals surface area contributed by atoms with Crippen LogP contribution in [0.15, 0.2) is 58.1 Å². The van der Waals surface area contributed by atoms with Crippen LogP contribution in [0.4, 0.5) is 0 Å². The van der Waals surface area contributed by atoms with Crippen LogP contribution in [-0.4, -0.2) is 30.4 Å². The van der Waals surface area contributed by atoms with Gasteiger partial charge in [0.25, 0.3) is 5.56 Å². The lowest BCUT2D eigenvalue weighted by atomic mass is 10.1. The molecule has 0 radical (unpaired) electrons. The molecule has 0 saturated heterocycles. The molecule has 0 amide bonds. The molecule has 8 nitrogen and oxygen atoms in total. The number of aromatic nitrogens is 4. The molecule has 1 N–H and O–H groups in total. The highest BCUT2D eigenvalue weighted by Crippen LogP contribution is 2.28. The van der Waals surface area contributed by atoms with Crippen molar-refractivity contribution in [2.45, 2.75) is 32.9 Å². The van der Waals surface area contributed by atoms with Gasteiger partial charge >= 0.3 is 11.7 Å². The van der Waals surface area contributed by atoms with Gasteiger partial charge in [-0.05, 0) is 42.2 Å². The summed E-state index contributed by atoms with van der Waals surface area (Å²) < 4.78 is 10.4. The summed E-state index contributed by atoms with van der Waals surface area (Å²) in [7, 11) is 1.57. The summed E-state index contributed by atoms with van der Waals surface area (Å²) in [6.07, 6.45) is 1.05. The summed E-state index contributed by atoms with van der Waals surface area (Å²) in [6.45, 7) is 2.31. The van der Waals surface area contributed by atoms with E-state index in [4.69, 9.17) is 16.3 Å². The van der Waals surface area contributed by atoms with Crippen molar-refractivity contribution in [2.24, 2.45) is 7.05 Å². The normalized spacial score (nSPS) is 11.3. The van der Waals surface area contributed by atoms with E-state index in [2.05, 4.69) is 4.98 Å². The van der Waals surface area contributed by atoms with Crippen LogP contribution in [0.1, 0.15) is 24.5 Å². The van der Waals surface area contributed by atoms with Crippen molar-refractivity contribution < 1.29 is 9.84 Å². The predicted molar refractivity (Wildman–Crippen MR) is 127 cm³/mol. The van der Waals surface area contributed by atoms with Gasteiger partial charge in [0, 0.05) is 25.2 Å². The Kier molecular flexibility index (Phi) is 6.67. The lowest BCUT2D eigenvalue weighted by molar-refractivity contribution is 0.277. The fourth-order valence-corrected chi connectivity index (χ4v) is 3.89. The Balaban J connectivity index is 1.94. The van der Waals surface area contributed by atoms with Crippen LogP contribution in [0, 0.1) is 0 Å². The molecule has 0 atom stereocenters. The molecule has 9 heteroatoms. The number of hydrogen-bond donors (Lipinski definition) is 1. The first kappa shape index (κ1) is 22.8. The molecule has 0 bridgehead atoms. The van der Waals surface area contributed by atoms with Crippen molar-refractivity contribution in [2.75, 3.05) is 6.61 Å². The Morgan fingerprint density at radius 3 is 2.48 bits per heavy atom. The van der Waals surface area contributed by atoms with E-state index in [9.17, 15) is 14.7 Å². The summed E-state index contributed by atoms with van der Waals surface area (Å²) in [5.41, 5.74) is 1.43. The fraction of sp³-hybridized carbons (Fsp3) is 0.292. The van der Waals surface area contributed by atoms with E-state index in [1.807, 2.05) is 43.3 Å². The summed E-state index contributed by atoms with van der Waals surface area (Å²) in [5.74, 6) is 0.637. The Labute approximate surface area is 195 Å². The van der Waals surface area contributed by atoms with Gasteiger partial charge in [-0.3, -0.25) is 18.5 Å². The van der Waals surface area contributed by atoms with Crippen molar-refractivity contribution >= 4 is 22.8 Å². The largest absolute Gasteiger partial charge is 0.425 e. The van der Waals surface area contributed by atoms with E-state index >= 15 is 0 Å². The van der Waals surface area contributed by atoms with Crippen molar-refractivity contribution in [3.63, 3.8) is 0 Å². The maximum Gasteiger partial charge on any atom is 0.332 e. The number of aliphatic hydroxyl groups excluding tert-OH is 1. The first-order valence-corrected chi connectivity index (χ1v) is 11.1. The predicted octanol–water partition coefficient (Wildman–Crippen LogP) is 3.34. The van der Waals surface area contributed by atoms with Gasteiger partial charge in [0.2, 0.25) is 0 Å². The van der Waals surface area contributed by atoms with Crippen molar-refractivity contribution in [3.05, 3.63) is 85.5 Å². The molecule has 0 spiro atoms. The molecule has 2 aromatic heterocycles. The molecule has 4 rings (SSSR count). The maximum absolute atomic E-state index is 13.4. The lowest BCUT2D eigenvalue weighted by Crippen LogP contribution is -2.39. The Morgan fingerprint density at radius 1 is 1.06 bits per heavy atom. The third kappa shape index (κ3) is 4.44. The molecule has 33 heavy (non-hydrogen) atoms. The molecule has 0 aliphatic heterocycles. The number of hydrogen-bond acceptors (Lipinski definition) is 5. The minimum absolute atomic E-state index is 0.110. The number of nitrogens with zero attached hydrogens (tertiary/aromatic N) is 4. The number of rotatable bonds is 8. The van der Waals surface area contributed by atoms with Crippen molar-refractivity contribution in [3.8, 4) is 11.8 Å². The number of imidazole rings is 1. The van der Waals surface area contributed by atoms with Gasteiger partial charge in [-0.25, -0.2) is 4.79 Å². The molecule has 0 aliphatic rings. The number of aliphatic hydroxyl groups is 1. The highest BCUT2D eigenvalue weighted by atomic mass is 35.5. The van der Waals surface area contributed by atoms with E-state index in [0.717, 1.165) is 22.1 Å². The molecule has 0 unspecified atom stereocenters. The van der Waals surface area contributed by atoms with Crippen LogP contribution < -0.4 is 16.0 Å².